The number of hydrogen-bond acceptors (Lipinski definition) is 5. The third kappa shape index (κ3) is 6.47. The summed E-state index contributed by atoms with van der Waals surface area (Å²) in [7, 11) is 0. The molecule has 0 bridgehead atoms. The van der Waals surface area contributed by atoms with E-state index < -0.39 is 5.91 Å². The number of nitriles is 1. The highest BCUT2D eigenvalue weighted by molar-refractivity contribution is 9.10. The average molecular weight is 520 g/mol. The smallest absolute Gasteiger partial charge is 0.266 e. The second kappa shape index (κ2) is 11.2. The van der Waals surface area contributed by atoms with Gasteiger partial charge in [0.1, 0.15) is 23.1 Å². The number of rotatable bonds is 7. The van der Waals surface area contributed by atoms with Gasteiger partial charge < -0.3 is 20.5 Å². The van der Waals surface area contributed by atoms with E-state index in [-0.39, 0.29) is 23.8 Å². The molecule has 0 aliphatic carbocycles. The van der Waals surface area contributed by atoms with E-state index in [0.29, 0.717) is 21.5 Å². The fraction of sp³-hybridized carbons (Fsp3) is 0.115. The summed E-state index contributed by atoms with van der Waals surface area (Å²) in [6, 6.07) is 18.5. The number of nitrogens with zero attached hydrogens (tertiary/aromatic N) is 1. The normalized spacial score (nSPS) is 10.8. The number of aromatic hydroxyl groups is 1. The number of nitrogens with one attached hydrogen (secondary N) is 2. The second-order valence-corrected chi connectivity index (χ2v) is 8.30. The standard InChI is InChI=1S/C26H22BrN3O4/c1-16-4-3-5-23(17(16)2)30-25(32)15-34-24-11-6-18(13-22(24)27)12-19(14-28)26(33)29-20-7-9-21(31)10-8-20/h3-13,31H,15H2,1-2H3,(H,29,33)(H,30,32)/b19-12+. The van der Waals surface area contributed by atoms with Gasteiger partial charge in [-0.15, -0.1) is 0 Å². The van der Waals surface area contributed by atoms with Crippen LogP contribution in [0.4, 0.5) is 11.4 Å². The first kappa shape index (κ1) is 24.6. The number of carbonyl (C=O) groups excluding carboxylic acids is 2. The molecule has 0 aliphatic rings. The van der Waals surface area contributed by atoms with Crippen molar-refractivity contribution in [2.45, 2.75) is 13.8 Å². The fourth-order valence-corrected chi connectivity index (χ4v) is 3.51. The van der Waals surface area contributed by atoms with Crippen LogP contribution < -0.4 is 15.4 Å². The molecule has 7 nitrogen and oxygen atoms in total. The Morgan fingerprint density at radius 1 is 1.09 bits per heavy atom. The molecule has 3 aromatic carbocycles. The van der Waals surface area contributed by atoms with Crippen LogP contribution in [-0.4, -0.2) is 23.5 Å². The van der Waals surface area contributed by atoms with Crippen LogP contribution in [0, 0.1) is 25.2 Å². The van der Waals surface area contributed by atoms with Crippen molar-refractivity contribution in [1.82, 2.24) is 0 Å². The zero-order valence-corrected chi connectivity index (χ0v) is 20.1. The molecular weight excluding hydrogens is 498 g/mol. The molecule has 0 radical (unpaired) electrons. The first-order valence-corrected chi connectivity index (χ1v) is 11.1. The highest BCUT2D eigenvalue weighted by atomic mass is 79.9. The Balaban J connectivity index is 1.64. The van der Waals surface area contributed by atoms with Crippen molar-refractivity contribution in [3.05, 3.63) is 87.4 Å². The summed E-state index contributed by atoms with van der Waals surface area (Å²) in [6.45, 7) is 3.73. The SMILES string of the molecule is Cc1cccc(NC(=O)COc2ccc(/C=C(\C#N)C(=O)Nc3ccc(O)cc3)cc2Br)c1C. The topological polar surface area (TPSA) is 111 Å². The lowest BCUT2D eigenvalue weighted by molar-refractivity contribution is -0.118. The number of benzene rings is 3. The van der Waals surface area contributed by atoms with E-state index in [1.165, 1.54) is 30.3 Å². The van der Waals surface area contributed by atoms with Crippen LogP contribution in [0.3, 0.4) is 0 Å². The van der Waals surface area contributed by atoms with Gasteiger partial charge in [-0.1, -0.05) is 18.2 Å². The minimum atomic E-state index is -0.576. The molecule has 0 heterocycles. The maximum absolute atomic E-state index is 12.4. The Morgan fingerprint density at radius 2 is 1.82 bits per heavy atom. The first-order chi connectivity index (χ1) is 16.3. The molecule has 172 valence electrons. The van der Waals surface area contributed by atoms with Crippen LogP contribution >= 0.6 is 15.9 Å². The highest BCUT2D eigenvalue weighted by Gasteiger charge is 2.12. The van der Waals surface area contributed by atoms with Gasteiger partial charge in [-0.2, -0.15) is 5.26 Å². The van der Waals surface area contributed by atoms with Crippen LogP contribution in [-0.2, 0) is 9.59 Å². The number of phenols is 1. The Labute approximate surface area is 205 Å². The number of phenolic OH excluding ortho intramolecular Hbond substituents is 1. The van der Waals surface area contributed by atoms with Crippen LogP contribution in [0.25, 0.3) is 6.08 Å². The van der Waals surface area contributed by atoms with Crippen molar-refractivity contribution in [2.24, 2.45) is 0 Å². The van der Waals surface area contributed by atoms with E-state index >= 15 is 0 Å². The molecule has 0 fully saturated rings. The molecule has 0 atom stereocenters. The molecule has 0 unspecified atom stereocenters. The van der Waals surface area contributed by atoms with Gasteiger partial charge in [0.2, 0.25) is 0 Å². The Hall–Kier alpha value is -4.09. The molecular formula is C26H22BrN3O4. The molecule has 0 aliphatic heterocycles. The number of anilines is 2. The number of halogens is 1. The lowest BCUT2D eigenvalue weighted by atomic mass is 10.1. The Morgan fingerprint density at radius 3 is 2.50 bits per heavy atom. The first-order valence-electron chi connectivity index (χ1n) is 10.3. The van der Waals surface area contributed by atoms with Gasteiger partial charge in [0, 0.05) is 11.4 Å². The van der Waals surface area contributed by atoms with Gasteiger partial charge in [-0.25, -0.2) is 0 Å². The van der Waals surface area contributed by atoms with E-state index in [4.69, 9.17) is 4.74 Å². The van der Waals surface area contributed by atoms with Gasteiger partial charge in [-0.3, -0.25) is 9.59 Å². The number of ether oxygens (including phenoxy) is 1. The van der Waals surface area contributed by atoms with Crippen molar-refractivity contribution in [1.29, 1.82) is 5.26 Å². The van der Waals surface area contributed by atoms with Crippen molar-refractivity contribution >= 4 is 45.2 Å². The summed E-state index contributed by atoms with van der Waals surface area (Å²) in [5, 5.41) is 24.2. The molecule has 8 heteroatoms. The number of hydrogen-bond donors (Lipinski definition) is 3. The molecule has 3 N–H and O–H groups in total. The quantitative estimate of drug-likeness (QED) is 0.221. The lowest BCUT2D eigenvalue weighted by Gasteiger charge is -2.12. The Bertz CT molecular complexity index is 1290. The number of amides is 2. The van der Waals surface area contributed by atoms with Crippen LogP contribution in [0.1, 0.15) is 16.7 Å². The molecule has 2 amide bonds. The molecule has 3 aromatic rings. The molecule has 0 aromatic heterocycles. The fourth-order valence-electron chi connectivity index (χ4n) is 3.00. The van der Waals surface area contributed by atoms with Crippen LogP contribution in [0.2, 0.25) is 0 Å². The van der Waals surface area contributed by atoms with Gasteiger partial charge in [0.15, 0.2) is 6.61 Å². The molecule has 0 saturated carbocycles. The summed E-state index contributed by atoms with van der Waals surface area (Å²) in [6.07, 6.45) is 1.44. The van der Waals surface area contributed by atoms with Gasteiger partial charge in [0.05, 0.1) is 4.47 Å². The molecule has 34 heavy (non-hydrogen) atoms. The van der Waals surface area contributed by atoms with Crippen LogP contribution in [0.5, 0.6) is 11.5 Å². The highest BCUT2D eigenvalue weighted by Crippen LogP contribution is 2.27. The zero-order valence-electron chi connectivity index (χ0n) is 18.6. The van der Waals surface area contributed by atoms with Crippen molar-refractivity contribution < 1.29 is 19.4 Å². The monoisotopic (exact) mass is 519 g/mol. The van der Waals surface area contributed by atoms with Crippen molar-refractivity contribution in [2.75, 3.05) is 17.2 Å². The van der Waals surface area contributed by atoms with E-state index in [2.05, 4.69) is 26.6 Å². The second-order valence-electron chi connectivity index (χ2n) is 7.44. The van der Waals surface area contributed by atoms with Crippen molar-refractivity contribution in [3.8, 4) is 17.6 Å². The van der Waals surface area contributed by atoms with E-state index in [1.54, 1.807) is 18.2 Å². The minimum absolute atomic E-state index is 0.0731. The number of aryl methyl sites for hydroxylation is 1. The Kier molecular flexibility index (Phi) is 8.06. The minimum Gasteiger partial charge on any atom is -0.508 e. The average Bonchev–Trinajstić information content (AvgIpc) is 2.81. The van der Waals surface area contributed by atoms with Gasteiger partial charge in [0.25, 0.3) is 11.8 Å². The van der Waals surface area contributed by atoms with E-state index in [1.807, 2.05) is 38.1 Å². The third-order valence-electron chi connectivity index (χ3n) is 4.99. The summed E-state index contributed by atoms with van der Waals surface area (Å²) in [5.74, 6) is -0.348. The predicted octanol–water partition coefficient (Wildman–Crippen LogP) is 5.33. The largest absolute Gasteiger partial charge is 0.508 e. The molecule has 3 rings (SSSR count). The maximum Gasteiger partial charge on any atom is 0.266 e. The van der Waals surface area contributed by atoms with Gasteiger partial charge >= 0.3 is 0 Å². The molecule has 0 spiro atoms. The van der Waals surface area contributed by atoms with E-state index in [9.17, 15) is 20.0 Å². The summed E-state index contributed by atoms with van der Waals surface area (Å²) in [4.78, 5) is 24.7. The third-order valence-corrected chi connectivity index (χ3v) is 5.61. The number of carbonyl (C=O) groups is 2. The van der Waals surface area contributed by atoms with Gasteiger partial charge in [-0.05, 0) is 95.0 Å². The predicted molar refractivity (Wildman–Crippen MR) is 135 cm³/mol. The lowest BCUT2D eigenvalue weighted by Crippen LogP contribution is -2.20. The van der Waals surface area contributed by atoms with Crippen molar-refractivity contribution in [3.63, 3.8) is 0 Å². The summed E-state index contributed by atoms with van der Waals surface area (Å²) < 4.78 is 6.19. The van der Waals surface area contributed by atoms with E-state index in [0.717, 1.165) is 16.8 Å². The molecule has 0 saturated heterocycles. The summed E-state index contributed by atoms with van der Waals surface area (Å²) in [5.41, 5.74) is 3.77. The zero-order chi connectivity index (χ0) is 24.7. The maximum atomic E-state index is 12.4. The van der Waals surface area contributed by atoms with Crippen LogP contribution in [0.15, 0.2) is 70.7 Å². The summed E-state index contributed by atoms with van der Waals surface area (Å²) >= 11 is 3.40.